The lowest BCUT2D eigenvalue weighted by molar-refractivity contribution is -0.253. The van der Waals surface area contributed by atoms with Gasteiger partial charge in [0.1, 0.15) is 0 Å². The van der Waals surface area contributed by atoms with Crippen LogP contribution in [0.15, 0.2) is 60.7 Å². The molecule has 2 aliphatic heterocycles. The first-order chi connectivity index (χ1) is 24.4. The zero-order valence-corrected chi connectivity index (χ0v) is 29.4. The van der Waals surface area contributed by atoms with Crippen molar-refractivity contribution in [2.75, 3.05) is 27.3 Å². The highest BCUT2D eigenvalue weighted by atomic mass is 16.7. The normalized spacial score (nSPS) is 30.1. The maximum atomic E-state index is 13.1. The van der Waals surface area contributed by atoms with Gasteiger partial charge in [0.25, 0.3) is 0 Å². The number of carbonyl (C=O) groups excluding carboxylic acids is 1. The zero-order valence-electron chi connectivity index (χ0n) is 29.4. The SMILES string of the molecule is COc1cc2c(cc1OC)CN(CC1CC(c3ccc(CO)cc3)OC(c3ccc(CNC(=O)NC45CC6CC(CC(C6)C4)C5)cc3)O1)CC2. The lowest BCUT2D eigenvalue weighted by atomic mass is 9.53. The quantitative estimate of drug-likeness (QED) is 0.223. The van der Waals surface area contributed by atoms with Crippen LogP contribution < -0.4 is 20.1 Å². The molecule has 1 saturated heterocycles. The highest BCUT2D eigenvalue weighted by Gasteiger charge is 2.51. The van der Waals surface area contributed by atoms with Crippen molar-refractivity contribution in [3.8, 4) is 11.5 Å². The molecular formula is C41H51N3O6. The van der Waals surface area contributed by atoms with E-state index >= 15 is 0 Å². The van der Waals surface area contributed by atoms with E-state index in [-0.39, 0.29) is 30.4 Å². The number of urea groups is 1. The van der Waals surface area contributed by atoms with E-state index in [1.807, 2.05) is 12.1 Å². The van der Waals surface area contributed by atoms with E-state index in [0.717, 1.165) is 103 Å². The molecule has 4 bridgehead atoms. The summed E-state index contributed by atoms with van der Waals surface area (Å²) in [4.78, 5) is 15.5. The summed E-state index contributed by atoms with van der Waals surface area (Å²) in [5.74, 6) is 3.91. The smallest absolute Gasteiger partial charge is 0.315 e. The first-order valence-corrected chi connectivity index (χ1v) is 18.5. The van der Waals surface area contributed by atoms with Crippen LogP contribution in [-0.2, 0) is 35.6 Å². The van der Waals surface area contributed by atoms with E-state index in [1.165, 1.54) is 30.4 Å². The number of amides is 2. The fourth-order valence-corrected chi connectivity index (χ4v) is 9.94. The molecule has 3 aromatic rings. The molecule has 6 aliphatic rings. The van der Waals surface area contributed by atoms with Crippen molar-refractivity contribution in [2.24, 2.45) is 17.8 Å². The van der Waals surface area contributed by atoms with Gasteiger partial charge in [-0.1, -0.05) is 48.5 Å². The number of fused-ring (bicyclic) bond motifs is 1. The largest absolute Gasteiger partial charge is 0.493 e. The van der Waals surface area contributed by atoms with Crippen molar-refractivity contribution in [3.05, 3.63) is 94.0 Å². The summed E-state index contributed by atoms with van der Waals surface area (Å²) in [6, 6.07) is 20.4. The molecule has 0 radical (unpaired) electrons. The Labute approximate surface area is 295 Å². The van der Waals surface area contributed by atoms with Gasteiger partial charge < -0.3 is 34.7 Å². The fraction of sp³-hybridized carbons (Fsp3) is 0.537. The van der Waals surface area contributed by atoms with Crippen LogP contribution in [0.3, 0.4) is 0 Å². The third-order valence-corrected chi connectivity index (χ3v) is 12.0. The Bertz CT molecular complexity index is 1620. The van der Waals surface area contributed by atoms with Crippen LogP contribution in [0, 0.1) is 17.8 Å². The Morgan fingerprint density at radius 2 is 1.46 bits per heavy atom. The fourth-order valence-electron chi connectivity index (χ4n) is 9.94. The topological polar surface area (TPSA) is 102 Å². The highest BCUT2D eigenvalue weighted by Crippen LogP contribution is 2.55. The molecule has 4 aliphatic carbocycles. The number of rotatable bonds is 10. The highest BCUT2D eigenvalue weighted by molar-refractivity contribution is 5.75. The van der Waals surface area contributed by atoms with Gasteiger partial charge >= 0.3 is 6.03 Å². The minimum Gasteiger partial charge on any atom is -0.493 e. The molecule has 0 spiro atoms. The standard InChI is InChI=1S/C41H51N3O6/c1-47-37-16-33-11-12-44(23-34(33)17-38(37)48-2)24-35-18-36(31-7-5-27(25-45)6-8-31)50-39(49-35)32-9-3-26(4-10-32)22-42-40(46)43-41-19-28-13-29(20-41)15-30(14-28)21-41/h3-10,16-17,28-30,35-36,39,45H,11-15,18-25H2,1-2H3,(H2,42,43,46). The predicted octanol–water partition coefficient (Wildman–Crippen LogP) is 6.57. The third kappa shape index (κ3) is 7.11. The molecule has 3 aromatic carbocycles. The van der Waals surface area contributed by atoms with Crippen LogP contribution in [0.5, 0.6) is 11.5 Å². The van der Waals surface area contributed by atoms with E-state index in [2.05, 4.69) is 64.1 Å². The third-order valence-electron chi connectivity index (χ3n) is 12.0. The monoisotopic (exact) mass is 681 g/mol. The minimum absolute atomic E-state index is 0.00183. The van der Waals surface area contributed by atoms with E-state index in [0.29, 0.717) is 6.54 Å². The van der Waals surface area contributed by atoms with Gasteiger partial charge in [-0.25, -0.2) is 4.79 Å². The molecule has 3 unspecified atom stereocenters. The maximum absolute atomic E-state index is 13.1. The van der Waals surface area contributed by atoms with Gasteiger partial charge in [0.2, 0.25) is 0 Å². The summed E-state index contributed by atoms with van der Waals surface area (Å²) in [7, 11) is 3.36. The number of methoxy groups -OCH3 is 2. The summed E-state index contributed by atoms with van der Waals surface area (Å²) in [6.07, 6.45) is 8.45. The number of hydrogen-bond acceptors (Lipinski definition) is 7. The molecule has 3 N–H and O–H groups in total. The van der Waals surface area contributed by atoms with E-state index in [9.17, 15) is 9.90 Å². The Hall–Kier alpha value is -3.63. The van der Waals surface area contributed by atoms with E-state index < -0.39 is 6.29 Å². The number of ether oxygens (including phenoxy) is 4. The van der Waals surface area contributed by atoms with E-state index in [4.69, 9.17) is 18.9 Å². The molecule has 0 aromatic heterocycles. The van der Waals surface area contributed by atoms with Gasteiger partial charge in [-0.05, 0) is 103 Å². The Morgan fingerprint density at radius 1 is 0.840 bits per heavy atom. The second-order valence-electron chi connectivity index (χ2n) is 15.6. The minimum atomic E-state index is -0.529. The van der Waals surface area contributed by atoms with Gasteiger partial charge in [0.05, 0.1) is 33.0 Å². The van der Waals surface area contributed by atoms with Crippen LogP contribution in [-0.4, -0.2) is 55.0 Å². The molecular weight excluding hydrogens is 630 g/mol. The Balaban J connectivity index is 0.925. The Kier molecular flexibility index (Phi) is 9.50. The maximum Gasteiger partial charge on any atom is 0.315 e. The van der Waals surface area contributed by atoms with E-state index in [1.54, 1.807) is 14.2 Å². The van der Waals surface area contributed by atoms with Crippen molar-refractivity contribution >= 4 is 6.03 Å². The van der Waals surface area contributed by atoms with Crippen LogP contribution in [0.25, 0.3) is 0 Å². The van der Waals surface area contributed by atoms with Crippen LogP contribution in [0.2, 0.25) is 0 Å². The molecule has 2 amide bonds. The summed E-state index contributed by atoms with van der Waals surface area (Å²) < 4.78 is 24.4. The molecule has 4 saturated carbocycles. The van der Waals surface area contributed by atoms with Gasteiger partial charge in [-0.15, -0.1) is 0 Å². The number of carbonyl (C=O) groups is 1. The summed E-state index contributed by atoms with van der Waals surface area (Å²) in [5, 5.41) is 16.2. The lowest BCUT2D eigenvalue weighted by Crippen LogP contribution is -2.61. The molecule has 266 valence electrons. The van der Waals surface area contributed by atoms with Crippen molar-refractivity contribution in [1.29, 1.82) is 0 Å². The number of aliphatic hydroxyl groups excluding tert-OH is 1. The van der Waals surface area contributed by atoms with Crippen LogP contribution in [0.4, 0.5) is 4.79 Å². The molecule has 9 heteroatoms. The van der Waals surface area contributed by atoms with Crippen LogP contribution in [0.1, 0.15) is 90.7 Å². The summed E-state index contributed by atoms with van der Waals surface area (Å²) in [6.45, 7) is 3.01. The number of aliphatic hydroxyl groups is 1. The molecule has 9 nitrogen and oxygen atoms in total. The molecule has 50 heavy (non-hydrogen) atoms. The van der Waals surface area contributed by atoms with Crippen molar-refractivity contribution in [2.45, 2.75) is 95.1 Å². The van der Waals surface area contributed by atoms with Crippen LogP contribution >= 0.6 is 0 Å². The van der Waals surface area contributed by atoms with Gasteiger partial charge in [0.15, 0.2) is 17.8 Å². The van der Waals surface area contributed by atoms with Gasteiger partial charge in [-0.2, -0.15) is 0 Å². The average molecular weight is 682 g/mol. The van der Waals surface area contributed by atoms with Gasteiger partial charge in [0, 0.05) is 43.7 Å². The number of benzene rings is 3. The van der Waals surface area contributed by atoms with Crippen molar-refractivity contribution in [1.82, 2.24) is 15.5 Å². The molecule has 2 heterocycles. The number of hydrogen-bond donors (Lipinski definition) is 3. The second kappa shape index (κ2) is 14.2. The molecule has 9 rings (SSSR count). The lowest BCUT2D eigenvalue weighted by Gasteiger charge is -2.56. The number of nitrogens with one attached hydrogen (secondary N) is 2. The van der Waals surface area contributed by atoms with Crippen molar-refractivity contribution in [3.63, 3.8) is 0 Å². The van der Waals surface area contributed by atoms with Gasteiger partial charge in [-0.3, -0.25) is 4.90 Å². The zero-order chi connectivity index (χ0) is 34.2. The van der Waals surface area contributed by atoms with Crippen molar-refractivity contribution < 1.29 is 28.8 Å². The first kappa shape index (κ1) is 33.5. The summed E-state index contributed by atoms with van der Waals surface area (Å²) in [5.41, 5.74) is 6.50. The average Bonchev–Trinajstić information content (AvgIpc) is 3.12. The molecule has 3 atom stereocenters. The predicted molar refractivity (Wildman–Crippen MR) is 190 cm³/mol. The number of nitrogens with zero attached hydrogens (tertiary/aromatic N) is 1. The first-order valence-electron chi connectivity index (χ1n) is 18.5. The summed E-state index contributed by atoms with van der Waals surface area (Å²) >= 11 is 0. The second-order valence-corrected chi connectivity index (χ2v) is 15.6. The molecule has 5 fully saturated rings. The Morgan fingerprint density at radius 3 is 2.10 bits per heavy atom.